The highest BCUT2D eigenvalue weighted by Crippen LogP contribution is 2.62. The van der Waals surface area contributed by atoms with Gasteiger partial charge in [0, 0.05) is 7.11 Å². The van der Waals surface area contributed by atoms with Crippen LogP contribution in [0, 0.1) is 17.3 Å². The SMILES string of the molecule is CC[C@]12CCC3c4cc(OC)c(OS(N)(=O)=O)cc4CCC3C1CCC[C@@H]2OC. The molecule has 5 atom stereocenters. The molecule has 0 bridgehead atoms. The zero-order valence-electron chi connectivity index (χ0n) is 17.6. The summed E-state index contributed by atoms with van der Waals surface area (Å²) in [5.41, 5.74) is 2.75. The Morgan fingerprint density at radius 3 is 2.59 bits per heavy atom. The van der Waals surface area contributed by atoms with Crippen molar-refractivity contribution in [2.24, 2.45) is 22.4 Å². The summed E-state index contributed by atoms with van der Waals surface area (Å²) < 4.78 is 39.3. The standard InChI is InChI=1S/C22H33NO5S/c1-4-22-11-10-15-16(18(22)6-5-7-21(22)27-3)9-8-14-12-20(28-29(23,24)25)19(26-2)13-17(14)15/h12-13,15-16,18,21H,4-11H2,1-3H3,(H2,23,24,25)/t15?,16?,18?,21-,22-/m0/s1. The van der Waals surface area contributed by atoms with Crippen LogP contribution in [0.2, 0.25) is 0 Å². The number of hydrogen-bond acceptors (Lipinski definition) is 5. The predicted molar refractivity (Wildman–Crippen MR) is 111 cm³/mol. The topological polar surface area (TPSA) is 87.9 Å². The molecule has 2 N–H and O–H groups in total. The second-order valence-electron chi connectivity index (χ2n) is 8.97. The monoisotopic (exact) mass is 423 g/mol. The fraction of sp³-hybridized carbons (Fsp3) is 0.727. The van der Waals surface area contributed by atoms with Gasteiger partial charge in [0.15, 0.2) is 11.5 Å². The first kappa shape index (κ1) is 20.9. The molecule has 3 unspecified atom stereocenters. The highest BCUT2D eigenvalue weighted by molar-refractivity contribution is 7.84. The number of rotatable bonds is 5. The molecule has 162 valence electrons. The number of fused-ring (bicyclic) bond motifs is 5. The molecule has 0 aromatic heterocycles. The van der Waals surface area contributed by atoms with E-state index in [0.29, 0.717) is 35.0 Å². The highest BCUT2D eigenvalue weighted by Gasteiger charge is 2.54. The minimum Gasteiger partial charge on any atom is -0.493 e. The van der Waals surface area contributed by atoms with E-state index in [2.05, 4.69) is 6.92 Å². The van der Waals surface area contributed by atoms with Gasteiger partial charge in [-0.3, -0.25) is 0 Å². The molecule has 1 aromatic carbocycles. The Kier molecular flexibility index (Phi) is 5.59. The molecule has 3 aliphatic carbocycles. The Morgan fingerprint density at radius 2 is 1.93 bits per heavy atom. The molecule has 0 radical (unpaired) electrons. The zero-order chi connectivity index (χ0) is 20.8. The summed E-state index contributed by atoms with van der Waals surface area (Å²) in [6, 6.07) is 3.80. The molecule has 2 fully saturated rings. The first-order valence-electron chi connectivity index (χ1n) is 10.8. The van der Waals surface area contributed by atoms with E-state index in [-0.39, 0.29) is 5.75 Å². The Morgan fingerprint density at radius 1 is 1.14 bits per heavy atom. The number of nitrogens with two attached hydrogens (primary N) is 1. The van der Waals surface area contributed by atoms with Crippen molar-refractivity contribution in [1.82, 2.24) is 0 Å². The third-order valence-corrected chi connectivity index (χ3v) is 8.45. The second kappa shape index (κ2) is 7.75. The number of ether oxygens (including phenoxy) is 2. The van der Waals surface area contributed by atoms with Crippen LogP contribution in [-0.4, -0.2) is 28.7 Å². The molecular weight excluding hydrogens is 390 g/mol. The first-order chi connectivity index (χ1) is 13.8. The Balaban J connectivity index is 1.70. The van der Waals surface area contributed by atoms with Crippen LogP contribution in [0.4, 0.5) is 0 Å². The lowest BCUT2D eigenvalue weighted by molar-refractivity contribution is -0.127. The summed E-state index contributed by atoms with van der Waals surface area (Å²) >= 11 is 0. The predicted octanol–water partition coefficient (Wildman–Crippen LogP) is 3.93. The molecule has 29 heavy (non-hydrogen) atoms. The summed E-state index contributed by atoms with van der Waals surface area (Å²) in [5, 5.41) is 5.09. The van der Waals surface area contributed by atoms with Gasteiger partial charge in [0.25, 0.3) is 0 Å². The lowest BCUT2D eigenvalue weighted by Crippen LogP contribution is -2.53. The maximum absolute atomic E-state index is 11.4. The van der Waals surface area contributed by atoms with Crippen molar-refractivity contribution >= 4 is 10.3 Å². The zero-order valence-corrected chi connectivity index (χ0v) is 18.5. The highest BCUT2D eigenvalue weighted by atomic mass is 32.2. The van der Waals surface area contributed by atoms with Gasteiger partial charge in [-0.2, -0.15) is 13.6 Å². The molecule has 6 nitrogen and oxygen atoms in total. The van der Waals surface area contributed by atoms with Gasteiger partial charge in [-0.15, -0.1) is 0 Å². The summed E-state index contributed by atoms with van der Waals surface area (Å²) in [4.78, 5) is 0. The van der Waals surface area contributed by atoms with E-state index in [1.54, 1.807) is 0 Å². The van der Waals surface area contributed by atoms with Crippen LogP contribution in [0.25, 0.3) is 0 Å². The van der Waals surface area contributed by atoms with E-state index >= 15 is 0 Å². The van der Waals surface area contributed by atoms with Crippen molar-refractivity contribution in [3.8, 4) is 11.5 Å². The van der Waals surface area contributed by atoms with E-state index in [1.807, 2.05) is 19.2 Å². The van der Waals surface area contributed by atoms with Crippen molar-refractivity contribution in [2.75, 3.05) is 14.2 Å². The third-order valence-electron chi connectivity index (χ3n) is 8.04. The van der Waals surface area contributed by atoms with Crippen LogP contribution < -0.4 is 14.1 Å². The van der Waals surface area contributed by atoms with Crippen LogP contribution >= 0.6 is 0 Å². The van der Waals surface area contributed by atoms with E-state index in [9.17, 15) is 8.42 Å². The minimum absolute atomic E-state index is 0.183. The number of benzene rings is 1. The minimum atomic E-state index is -4.09. The van der Waals surface area contributed by atoms with E-state index < -0.39 is 10.3 Å². The van der Waals surface area contributed by atoms with E-state index in [1.165, 1.54) is 44.8 Å². The van der Waals surface area contributed by atoms with Gasteiger partial charge >= 0.3 is 10.3 Å². The molecule has 7 heteroatoms. The second-order valence-corrected chi connectivity index (χ2v) is 10.1. The Labute approximate surface area is 174 Å². The van der Waals surface area contributed by atoms with Crippen LogP contribution in [0.3, 0.4) is 0 Å². The third kappa shape index (κ3) is 3.55. The molecule has 0 amide bonds. The van der Waals surface area contributed by atoms with Crippen LogP contribution in [-0.2, 0) is 21.5 Å². The van der Waals surface area contributed by atoms with Crippen molar-refractivity contribution in [1.29, 1.82) is 0 Å². The fourth-order valence-electron chi connectivity index (χ4n) is 6.90. The molecule has 0 saturated heterocycles. The van der Waals surface area contributed by atoms with Crippen LogP contribution in [0.15, 0.2) is 12.1 Å². The van der Waals surface area contributed by atoms with Gasteiger partial charge in [0.05, 0.1) is 13.2 Å². The lowest BCUT2D eigenvalue weighted by Gasteiger charge is -2.58. The van der Waals surface area contributed by atoms with Crippen molar-refractivity contribution in [3.63, 3.8) is 0 Å². The van der Waals surface area contributed by atoms with Crippen molar-refractivity contribution in [3.05, 3.63) is 23.3 Å². The van der Waals surface area contributed by atoms with Gasteiger partial charge in [-0.05, 0) is 91.4 Å². The molecule has 3 aliphatic rings. The molecule has 0 heterocycles. The molecule has 4 rings (SSSR count). The maximum atomic E-state index is 11.4. The Hall–Kier alpha value is -1.31. The fourth-order valence-corrected chi connectivity index (χ4v) is 7.28. The average Bonchev–Trinajstić information content (AvgIpc) is 2.70. The summed E-state index contributed by atoms with van der Waals surface area (Å²) in [6.45, 7) is 2.33. The van der Waals surface area contributed by atoms with Crippen LogP contribution in [0.1, 0.15) is 68.9 Å². The molecule has 0 aliphatic heterocycles. The van der Waals surface area contributed by atoms with Crippen LogP contribution in [0.5, 0.6) is 11.5 Å². The maximum Gasteiger partial charge on any atom is 0.380 e. The molecular formula is C22H33NO5S. The van der Waals surface area contributed by atoms with Gasteiger partial charge in [0.1, 0.15) is 0 Å². The Bertz CT molecular complexity index is 870. The lowest BCUT2D eigenvalue weighted by atomic mass is 9.48. The molecule has 0 spiro atoms. The van der Waals surface area contributed by atoms with Gasteiger partial charge in [-0.1, -0.05) is 13.3 Å². The summed E-state index contributed by atoms with van der Waals surface area (Å²) in [5.74, 6) is 2.43. The average molecular weight is 424 g/mol. The van der Waals surface area contributed by atoms with E-state index in [4.69, 9.17) is 18.8 Å². The van der Waals surface area contributed by atoms with Gasteiger partial charge < -0.3 is 13.7 Å². The van der Waals surface area contributed by atoms with E-state index in [0.717, 1.165) is 24.8 Å². The van der Waals surface area contributed by atoms with Gasteiger partial charge in [0.2, 0.25) is 0 Å². The van der Waals surface area contributed by atoms with Crippen molar-refractivity contribution in [2.45, 2.75) is 70.3 Å². The number of methoxy groups -OCH3 is 2. The smallest absolute Gasteiger partial charge is 0.380 e. The summed E-state index contributed by atoms with van der Waals surface area (Å²) in [7, 11) is -0.677. The number of aryl methyl sites for hydroxylation is 1. The first-order valence-corrected chi connectivity index (χ1v) is 12.3. The van der Waals surface area contributed by atoms with Gasteiger partial charge in [-0.25, -0.2) is 0 Å². The molecule has 1 aromatic rings. The largest absolute Gasteiger partial charge is 0.493 e. The summed E-state index contributed by atoms with van der Waals surface area (Å²) in [6.07, 6.45) is 9.63. The van der Waals surface area contributed by atoms with Crippen molar-refractivity contribution < 1.29 is 22.1 Å². The molecule has 2 saturated carbocycles. The number of hydrogen-bond donors (Lipinski definition) is 1. The normalized spacial score (nSPS) is 33.9. The quantitative estimate of drug-likeness (QED) is 0.775.